The Kier molecular flexibility index (Phi) is 5.14. The number of amides is 1. The molecule has 5 rings (SSSR count). The minimum absolute atomic E-state index is 0.266. The van der Waals surface area contributed by atoms with Gasteiger partial charge in [0.1, 0.15) is 22.7 Å². The number of fused-ring (bicyclic) bond motifs is 1. The van der Waals surface area contributed by atoms with Gasteiger partial charge in [0.2, 0.25) is 0 Å². The van der Waals surface area contributed by atoms with Crippen molar-refractivity contribution in [3.63, 3.8) is 0 Å². The molecular weight excluding hydrogens is 416 g/mol. The molecule has 7 nitrogen and oxygen atoms in total. The van der Waals surface area contributed by atoms with Gasteiger partial charge in [-0.3, -0.25) is 4.79 Å². The molecule has 9 heteroatoms. The summed E-state index contributed by atoms with van der Waals surface area (Å²) in [4.78, 5) is 16.6. The Hall–Kier alpha value is -4.01. The van der Waals surface area contributed by atoms with Crippen molar-refractivity contribution >= 4 is 34.0 Å². The molecule has 4 aromatic rings. The van der Waals surface area contributed by atoms with Crippen molar-refractivity contribution < 1.29 is 18.2 Å². The zero-order chi connectivity index (χ0) is 22.1. The Bertz CT molecular complexity index is 1270. The summed E-state index contributed by atoms with van der Waals surface area (Å²) in [6, 6.07) is 15.8. The Morgan fingerprint density at radius 1 is 0.844 bits per heavy atom. The standard InChI is InChI=1S/C23H19F2N5O2/c24-16-2-5-18(6-3-16)29-9-11-30(12-10-29)22-8-4-17(14-19(22)25)26-23(31)15-1-7-20-21(13-15)28-32-27-20/h1-8,13-14H,9-12H2,(H,26,31). The molecule has 32 heavy (non-hydrogen) atoms. The van der Waals surface area contributed by atoms with Crippen LogP contribution in [0, 0.1) is 11.6 Å². The van der Waals surface area contributed by atoms with Gasteiger partial charge < -0.3 is 15.1 Å². The number of nitrogens with zero attached hydrogens (tertiary/aromatic N) is 4. The van der Waals surface area contributed by atoms with Crippen LogP contribution in [0.2, 0.25) is 0 Å². The fourth-order valence-corrected chi connectivity index (χ4v) is 3.83. The highest BCUT2D eigenvalue weighted by Gasteiger charge is 2.20. The molecule has 0 spiro atoms. The number of carbonyl (C=O) groups is 1. The molecule has 1 amide bonds. The summed E-state index contributed by atoms with van der Waals surface area (Å²) < 4.78 is 32.6. The SMILES string of the molecule is O=C(Nc1ccc(N2CCN(c3ccc(F)cc3)CC2)c(F)c1)c1ccc2nonc2c1. The number of carbonyl (C=O) groups excluding carboxylic acids is 1. The fraction of sp³-hybridized carbons (Fsp3) is 0.174. The maximum atomic E-state index is 14.8. The summed E-state index contributed by atoms with van der Waals surface area (Å²) in [6.45, 7) is 2.66. The third-order valence-corrected chi connectivity index (χ3v) is 5.53. The normalized spacial score (nSPS) is 14.1. The van der Waals surface area contributed by atoms with Crippen LogP contribution >= 0.6 is 0 Å². The third-order valence-electron chi connectivity index (χ3n) is 5.53. The van der Waals surface area contributed by atoms with Gasteiger partial charge in [0.15, 0.2) is 0 Å². The minimum Gasteiger partial charge on any atom is -0.368 e. The molecular formula is C23H19F2N5O2. The van der Waals surface area contributed by atoms with E-state index in [0.717, 1.165) is 5.69 Å². The summed E-state index contributed by atoms with van der Waals surface area (Å²) >= 11 is 0. The molecule has 0 saturated carbocycles. The summed E-state index contributed by atoms with van der Waals surface area (Å²) in [7, 11) is 0. The highest BCUT2D eigenvalue weighted by atomic mass is 19.1. The van der Waals surface area contributed by atoms with Crippen molar-refractivity contribution in [1.29, 1.82) is 0 Å². The third kappa shape index (κ3) is 3.96. The van der Waals surface area contributed by atoms with E-state index >= 15 is 0 Å². The second kappa shape index (κ2) is 8.26. The first kappa shape index (κ1) is 19.9. The molecule has 1 aliphatic heterocycles. The maximum Gasteiger partial charge on any atom is 0.255 e. The smallest absolute Gasteiger partial charge is 0.255 e. The van der Waals surface area contributed by atoms with Gasteiger partial charge in [-0.25, -0.2) is 13.4 Å². The van der Waals surface area contributed by atoms with Crippen molar-refractivity contribution in [2.24, 2.45) is 0 Å². The van der Waals surface area contributed by atoms with E-state index in [2.05, 4.69) is 25.2 Å². The highest BCUT2D eigenvalue weighted by Crippen LogP contribution is 2.26. The van der Waals surface area contributed by atoms with Crippen LogP contribution in [0.1, 0.15) is 10.4 Å². The predicted molar refractivity (Wildman–Crippen MR) is 117 cm³/mol. The van der Waals surface area contributed by atoms with E-state index in [0.29, 0.717) is 54.2 Å². The highest BCUT2D eigenvalue weighted by molar-refractivity contribution is 6.05. The van der Waals surface area contributed by atoms with E-state index < -0.39 is 5.82 Å². The number of anilines is 3. The Balaban J connectivity index is 1.24. The topological polar surface area (TPSA) is 74.5 Å². The monoisotopic (exact) mass is 435 g/mol. The predicted octanol–water partition coefficient (Wildman–Crippen LogP) is 4.08. The van der Waals surface area contributed by atoms with E-state index in [4.69, 9.17) is 0 Å². The lowest BCUT2D eigenvalue weighted by Gasteiger charge is -2.37. The van der Waals surface area contributed by atoms with Gasteiger partial charge in [0.25, 0.3) is 5.91 Å². The summed E-state index contributed by atoms with van der Waals surface area (Å²) in [5.41, 5.74) is 3.19. The van der Waals surface area contributed by atoms with Gasteiger partial charge in [-0.05, 0) is 71.0 Å². The van der Waals surface area contributed by atoms with E-state index in [1.54, 1.807) is 42.5 Å². The largest absolute Gasteiger partial charge is 0.368 e. The Labute approximate surface area is 182 Å². The van der Waals surface area contributed by atoms with Crippen LogP contribution in [0.25, 0.3) is 11.0 Å². The number of rotatable bonds is 4. The number of hydrogen-bond acceptors (Lipinski definition) is 6. The van der Waals surface area contributed by atoms with E-state index in [1.165, 1.54) is 18.2 Å². The Morgan fingerprint density at radius 2 is 1.56 bits per heavy atom. The summed E-state index contributed by atoms with van der Waals surface area (Å²) in [5, 5.41) is 10.1. The lowest BCUT2D eigenvalue weighted by Crippen LogP contribution is -2.46. The molecule has 0 atom stereocenters. The van der Waals surface area contributed by atoms with Gasteiger partial charge in [-0.15, -0.1) is 0 Å². The Morgan fingerprint density at radius 3 is 2.31 bits per heavy atom. The number of piperazine rings is 1. The van der Waals surface area contributed by atoms with E-state index in [-0.39, 0.29) is 11.7 Å². The number of hydrogen-bond donors (Lipinski definition) is 1. The fourth-order valence-electron chi connectivity index (χ4n) is 3.83. The summed E-state index contributed by atoms with van der Waals surface area (Å²) in [6.07, 6.45) is 0. The maximum absolute atomic E-state index is 14.8. The summed E-state index contributed by atoms with van der Waals surface area (Å²) in [5.74, 6) is -1.05. The molecule has 1 N–H and O–H groups in total. The van der Waals surface area contributed by atoms with Gasteiger partial charge in [-0.2, -0.15) is 0 Å². The molecule has 1 aliphatic rings. The van der Waals surface area contributed by atoms with Crippen molar-refractivity contribution in [2.45, 2.75) is 0 Å². The van der Waals surface area contributed by atoms with Gasteiger partial charge in [0.05, 0.1) is 5.69 Å². The number of nitrogens with one attached hydrogen (secondary N) is 1. The van der Waals surface area contributed by atoms with Crippen molar-refractivity contribution in [3.05, 3.63) is 77.9 Å². The second-order valence-corrected chi connectivity index (χ2v) is 7.54. The lowest BCUT2D eigenvalue weighted by molar-refractivity contribution is 0.102. The van der Waals surface area contributed by atoms with Crippen LogP contribution < -0.4 is 15.1 Å². The van der Waals surface area contributed by atoms with Crippen LogP contribution in [0.4, 0.5) is 25.8 Å². The lowest BCUT2D eigenvalue weighted by atomic mass is 10.1. The van der Waals surface area contributed by atoms with E-state index in [9.17, 15) is 13.6 Å². The quantitative estimate of drug-likeness (QED) is 0.521. The number of benzene rings is 3. The van der Waals surface area contributed by atoms with Crippen LogP contribution in [0.3, 0.4) is 0 Å². The first-order valence-electron chi connectivity index (χ1n) is 10.2. The molecule has 1 saturated heterocycles. The number of halogens is 2. The van der Waals surface area contributed by atoms with Crippen molar-refractivity contribution in [2.75, 3.05) is 41.3 Å². The molecule has 1 aromatic heterocycles. The molecule has 2 heterocycles. The minimum atomic E-state index is -0.408. The van der Waals surface area contributed by atoms with Crippen LogP contribution in [0.5, 0.6) is 0 Å². The zero-order valence-electron chi connectivity index (χ0n) is 17.0. The van der Waals surface area contributed by atoms with Gasteiger partial charge in [0, 0.05) is 43.1 Å². The zero-order valence-corrected chi connectivity index (χ0v) is 17.0. The number of aromatic nitrogens is 2. The van der Waals surface area contributed by atoms with E-state index in [1.807, 2.05) is 4.90 Å². The average molecular weight is 435 g/mol. The first-order valence-corrected chi connectivity index (χ1v) is 10.2. The molecule has 3 aromatic carbocycles. The molecule has 0 radical (unpaired) electrons. The first-order chi connectivity index (χ1) is 15.6. The molecule has 1 fully saturated rings. The van der Waals surface area contributed by atoms with Crippen molar-refractivity contribution in [1.82, 2.24) is 10.3 Å². The van der Waals surface area contributed by atoms with Gasteiger partial charge >= 0.3 is 0 Å². The average Bonchev–Trinajstić information content (AvgIpc) is 3.28. The molecule has 0 unspecified atom stereocenters. The van der Waals surface area contributed by atoms with Crippen LogP contribution in [0.15, 0.2) is 65.3 Å². The molecule has 162 valence electrons. The van der Waals surface area contributed by atoms with Crippen LogP contribution in [-0.2, 0) is 0 Å². The van der Waals surface area contributed by atoms with Crippen molar-refractivity contribution in [3.8, 4) is 0 Å². The molecule has 0 bridgehead atoms. The van der Waals surface area contributed by atoms with Crippen LogP contribution in [-0.4, -0.2) is 42.4 Å². The molecule has 0 aliphatic carbocycles. The second-order valence-electron chi connectivity index (χ2n) is 7.54. The van der Waals surface area contributed by atoms with Gasteiger partial charge in [-0.1, -0.05) is 0 Å².